The summed E-state index contributed by atoms with van der Waals surface area (Å²) in [6.07, 6.45) is 6.68. The van der Waals surface area contributed by atoms with Crippen molar-refractivity contribution in [2.75, 3.05) is 44.2 Å². The summed E-state index contributed by atoms with van der Waals surface area (Å²) in [5, 5.41) is 9.48. The first-order valence-corrected chi connectivity index (χ1v) is 11.9. The van der Waals surface area contributed by atoms with Crippen molar-refractivity contribution in [3.63, 3.8) is 0 Å². The number of carbonyl (C=O) groups is 2. The Balaban J connectivity index is 1.15. The van der Waals surface area contributed by atoms with Gasteiger partial charge < -0.3 is 23.5 Å². The lowest BCUT2D eigenvalue weighted by Gasteiger charge is -2.37. The quantitative estimate of drug-likeness (QED) is 0.703. The van der Waals surface area contributed by atoms with Gasteiger partial charge in [0.05, 0.1) is 6.26 Å². The summed E-state index contributed by atoms with van der Waals surface area (Å²) in [6.45, 7) is 4.35. The summed E-state index contributed by atoms with van der Waals surface area (Å²) in [7, 11) is 0. The number of carbonyl (C=O) groups excluding carboxylic acids is 2. The van der Waals surface area contributed by atoms with Crippen LogP contribution in [0.15, 0.2) is 27.2 Å². The molecule has 0 spiro atoms. The topological polar surface area (TPSA) is 107 Å². The first-order chi connectivity index (χ1) is 16.1. The number of oxazole rings is 1. The van der Waals surface area contributed by atoms with E-state index in [1.54, 1.807) is 12.1 Å². The largest absolute Gasteiger partial charge is 0.459 e. The Labute approximate surface area is 192 Å². The van der Waals surface area contributed by atoms with E-state index in [0.29, 0.717) is 50.7 Å². The molecule has 3 aliphatic heterocycles. The van der Waals surface area contributed by atoms with Crippen molar-refractivity contribution in [3.05, 3.63) is 24.1 Å². The third-order valence-electron chi connectivity index (χ3n) is 7.15. The molecule has 2 aromatic rings. The van der Waals surface area contributed by atoms with Gasteiger partial charge in [0.1, 0.15) is 6.07 Å². The molecule has 0 atom stereocenters. The van der Waals surface area contributed by atoms with Gasteiger partial charge in [0, 0.05) is 51.1 Å². The van der Waals surface area contributed by atoms with Crippen LogP contribution in [0.4, 0.5) is 5.88 Å². The summed E-state index contributed by atoms with van der Waals surface area (Å²) in [5.74, 6) is 1.71. The van der Waals surface area contributed by atoms with E-state index < -0.39 is 0 Å². The number of nitriles is 1. The van der Waals surface area contributed by atoms with Crippen LogP contribution < -0.4 is 4.90 Å². The molecule has 0 N–H and O–H groups in total. The Hall–Kier alpha value is -3.28. The summed E-state index contributed by atoms with van der Waals surface area (Å²) < 4.78 is 11.2. The van der Waals surface area contributed by atoms with Crippen molar-refractivity contribution >= 4 is 17.7 Å². The van der Waals surface area contributed by atoms with Crippen LogP contribution in [0.25, 0.3) is 11.7 Å². The zero-order valence-electron chi connectivity index (χ0n) is 18.7. The minimum Gasteiger partial charge on any atom is -0.459 e. The van der Waals surface area contributed by atoms with E-state index in [9.17, 15) is 14.9 Å². The van der Waals surface area contributed by atoms with Gasteiger partial charge in [0.2, 0.25) is 23.4 Å². The molecule has 5 heterocycles. The third kappa shape index (κ3) is 4.34. The van der Waals surface area contributed by atoms with Gasteiger partial charge in [-0.3, -0.25) is 9.59 Å². The summed E-state index contributed by atoms with van der Waals surface area (Å²) >= 11 is 0. The standard InChI is InChI=1S/C24H29N5O4/c25-16-19-24(33-21(26-19)20-4-3-15-32-20)29-13-7-18(8-14-29)23(31)28-11-5-17(6-12-28)22(30)27-9-1-2-10-27/h3-4,15,17-18H,1-2,5-14H2. The zero-order chi connectivity index (χ0) is 22.8. The summed E-state index contributed by atoms with van der Waals surface area (Å²) in [5.41, 5.74) is 0.232. The lowest BCUT2D eigenvalue weighted by Crippen LogP contribution is -2.47. The van der Waals surface area contributed by atoms with Crippen molar-refractivity contribution < 1.29 is 18.4 Å². The Morgan fingerprint density at radius 1 is 0.939 bits per heavy atom. The molecule has 0 radical (unpaired) electrons. The minimum atomic E-state index is -0.0370. The molecule has 9 nitrogen and oxygen atoms in total. The number of aromatic nitrogens is 1. The van der Waals surface area contributed by atoms with Crippen LogP contribution in [-0.4, -0.2) is 65.9 Å². The minimum absolute atomic E-state index is 0.0370. The average molecular weight is 452 g/mol. The third-order valence-corrected chi connectivity index (χ3v) is 7.15. The Kier molecular flexibility index (Phi) is 6.07. The molecular formula is C24H29N5O4. The predicted molar refractivity (Wildman–Crippen MR) is 119 cm³/mol. The van der Waals surface area contributed by atoms with Crippen LogP contribution in [-0.2, 0) is 9.59 Å². The van der Waals surface area contributed by atoms with Crippen molar-refractivity contribution in [3.8, 4) is 17.7 Å². The van der Waals surface area contributed by atoms with Crippen LogP contribution in [0.5, 0.6) is 0 Å². The maximum Gasteiger partial charge on any atom is 0.266 e. The fourth-order valence-electron chi connectivity index (χ4n) is 5.24. The van der Waals surface area contributed by atoms with E-state index >= 15 is 0 Å². The molecule has 0 aliphatic carbocycles. The van der Waals surface area contributed by atoms with Crippen molar-refractivity contribution in [1.29, 1.82) is 5.26 Å². The van der Waals surface area contributed by atoms with Gasteiger partial charge in [-0.2, -0.15) is 10.2 Å². The fraction of sp³-hybridized carbons (Fsp3) is 0.583. The Bertz CT molecular complexity index is 1020. The SMILES string of the molecule is N#Cc1nc(-c2ccco2)oc1N1CCC(C(=O)N2CCC(C(=O)N3CCCC3)CC2)CC1. The highest BCUT2D eigenvalue weighted by Crippen LogP contribution is 2.32. The van der Waals surface area contributed by atoms with Crippen molar-refractivity contribution in [2.45, 2.75) is 38.5 Å². The summed E-state index contributed by atoms with van der Waals surface area (Å²) in [4.78, 5) is 36.0. The fourth-order valence-corrected chi connectivity index (χ4v) is 5.24. The number of anilines is 1. The maximum atomic E-state index is 13.1. The molecule has 9 heteroatoms. The molecule has 3 saturated heterocycles. The normalized spacial score (nSPS) is 20.3. The first kappa shape index (κ1) is 21.6. The second kappa shape index (κ2) is 9.30. The van der Waals surface area contributed by atoms with E-state index in [1.165, 1.54) is 6.26 Å². The monoisotopic (exact) mass is 451 g/mol. The summed E-state index contributed by atoms with van der Waals surface area (Å²) in [6, 6.07) is 5.58. The Morgan fingerprint density at radius 2 is 1.55 bits per heavy atom. The lowest BCUT2D eigenvalue weighted by molar-refractivity contribution is -0.142. The highest BCUT2D eigenvalue weighted by atomic mass is 16.4. The van der Waals surface area contributed by atoms with Crippen LogP contribution in [0, 0.1) is 23.2 Å². The van der Waals surface area contributed by atoms with Crippen molar-refractivity contribution in [2.24, 2.45) is 11.8 Å². The van der Waals surface area contributed by atoms with Crippen LogP contribution >= 0.6 is 0 Å². The van der Waals surface area contributed by atoms with Gasteiger partial charge in [0.15, 0.2) is 5.76 Å². The number of likely N-dealkylation sites (tertiary alicyclic amines) is 2. The van der Waals surface area contributed by atoms with Crippen molar-refractivity contribution in [1.82, 2.24) is 14.8 Å². The molecule has 2 amide bonds. The number of nitrogens with zero attached hydrogens (tertiary/aromatic N) is 5. The molecule has 0 aromatic carbocycles. The molecule has 3 fully saturated rings. The van der Waals surface area contributed by atoms with E-state index in [2.05, 4.69) is 11.1 Å². The maximum absolute atomic E-state index is 13.1. The molecular weight excluding hydrogens is 422 g/mol. The number of rotatable bonds is 4. The molecule has 174 valence electrons. The van der Waals surface area contributed by atoms with Crippen LogP contribution in [0.1, 0.15) is 44.2 Å². The number of hydrogen-bond donors (Lipinski definition) is 0. The molecule has 33 heavy (non-hydrogen) atoms. The van der Waals surface area contributed by atoms with E-state index in [4.69, 9.17) is 8.83 Å². The van der Waals surface area contributed by atoms with Crippen LogP contribution in [0.3, 0.4) is 0 Å². The molecule has 3 aliphatic rings. The predicted octanol–water partition coefficient (Wildman–Crippen LogP) is 2.88. The molecule has 0 saturated carbocycles. The van der Waals surface area contributed by atoms with Gasteiger partial charge in [-0.25, -0.2) is 0 Å². The van der Waals surface area contributed by atoms with Gasteiger partial charge in [-0.15, -0.1) is 0 Å². The highest BCUT2D eigenvalue weighted by Gasteiger charge is 2.35. The highest BCUT2D eigenvalue weighted by molar-refractivity contribution is 5.81. The smallest absolute Gasteiger partial charge is 0.266 e. The molecule has 0 unspecified atom stereocenters. The van der Waals surface area contributed by atoms with Gasteiger partial charge in [0.25, 0.3) is 5.89 Å². The first-order valence-electron chi connectivity index (χ1n) is 11.9. The van der Waals surface area contributed by atoms with Gasteiger partial charge in [-0.05, 0) is 50.7 Å². The lowest BCUT2D eigenvalue weighted by atomic mass is 9.91. The second-order valence-electron chi connectivity index (χ2n) is 9.16. The number of furan rings is 1. The van der Waals surface area contributed by atoms with E-state index in [-0.39, 0.29) is 35.2 Å². The molecule has 2 aromatic heterocycles. The Morgan fingerprint density at radius 3 is 2.12 bits per heavy atom. The molecule has 5 rings (SSSR count). The number of piperidine rings is 2. The number of amides is 2. The van der Waals surface area contributed by atoms with E-state index in [0.717, 1.165) is 38.8 Å². The van der Waals surface area contributed by atoms with Gasteiger partial charge in [-0.1, -0.05) is 0 Å². The zero-order valence-corrected chi connectivity index (χ0v) is 18.7. The van der Waals surface area contributed by atoms with E-state index in [1.807, 2.05) is 14.7 Å². The van der Waals surface area contributed by atoms with Gasteiger partial charge >= 0.3 is 0 Å². The number of hydrogen-bond acceptors (Lipinski definition) is 7. The molecule has 0 bridgehead atoms. The second-order valence-corrected chi connectivity index (χ2v) is 9.16. The average Bonchev–Trinajstić information content (AvgIpc) is 3.64. The van der Waals surface area contributed by atoms with Crippen LogP contribution in [0.2, 0.25) is 0 Å².